The molecule has 7 nitrogen and oxygen atoms in total. The van der Waals surface area contributed by atoms with Gasteiger partial charge in [0, 0.05) is 31.7 Å². The fraction of sp³-hybridized carbons (Fsp3) is 0.448. The van der Waals surface area contributed by atoms with Gasteiger partial charge in [-0.2, -0.15) is 0 Å². The fourth-order valence-corrected chi connectivity index (χ4v) is 4.85. The summed E-state index contributed by atoms with van der Waals surface area (Å²) in [6, 6.07) is 12.6. The Morgan fingerprint density at radius 3 is 2.44 bits per heavy atom. The molecule has 1 amide bonds. The second-order valence-electron chi connectivity index (χ2n) is 9.54. The maximum absolute atomic E-state index is 13.3. The van der Waals surface area contributed by atoms with Gasteiger partial charge >= 0.3 is 0 Å². The van der Waals surface area contributed by atoms with Gasteiger partial charge in [-0.05, 0) is 56.0 Å². The third-order valence-corrected chi connectivity index (χ3v) is 6.84. The molecule has 2 aliphatic heterocycles. The van der Waals surface area contributed by atoms with Crippen molar-refractivity contribution in [2.75, 3.05) is 46.0 Å². The number of ketones is 1. The minimum absolute atomic E-state index is 0.139. The zero-order valence-corrected chi connectivity index (χ0v) is 21.5. The van der Waals surface area contributed by atoms with E-state index >= 15 is 0 Å². The topological polar surface area (TPSA) is 79.3 Å². The van der Waals surface area contributed by atoms with Crippen LogP contribution in [0.3, 0.4) is 0 Å². The number of nitrogens with zero attached hydrogens (tertiary/aromatic N) is 2. The number of morpholine rings is 1. The monoisotopic (exact) mass is 492 g/mol. The van der Waals surface area contributed by atoms with Crippen molar-refractivity contribution in [1.82, 2.24) is 9.80 Å². The van der Waals surface area contributed by atoms with E-state index in [0.717, 1.165) is 62.4 Å². The number of hydrogen-bond acceptors (Lipinski definition) is 6. The number of rotatable bonds is 9. The maximum atomic E-state index is 13.3. The van der Waals surface area contributed by atoms with Crippen LogP contribution >= 0.6 is 0 Å². The Morgan fingerprint density at radius 2 is 1.78 bits per heavy atom. The first-order valence-electron chi connectivity index (χ1n) is 12.8. The largest absolute Gasteiger partial charge is 0.507 e. The quantitative estimate of drug-likeness (QED) is 0.321. The molecule has 1 atom stereocenters. The zero-order valence-electron chi connectivity index (χ0n) is 21.5. The average Bonchev–Trinajstić information content (AvgIpc) is 3.13. The van der Waals surface area contributed by atoms with Crippen molar-refractivity contribution in [1.29, 1.82) is 0 Å². The molecule has 0 aromatic heterocycles. The Labute approximate surface area is 213 Å². The van der Waals surface area contributed by atoms with Crippen LogP contribution in [-0.2, 0) is 14.3 Å². The van der Waals surface area contributed by atoms with E-state index in [1.807, 2.05) is 51.1 Å². The lowest BCUT2D eigenvalue weighted by Gasteiger charge is -2.29. The van der Waals surface area contributed by atoms with Gasteiger partial charge in [-0.1, -0.05) is 36.8 Å². The molecular weight excluding hydrogens is 456 g/mol. The third-order valence-electron chi connectivity index (χ3n) is 6.84. The molecule has 0 aliphatic carbocycles. The van der Waals surface area contributed by atoms with Crippen LogP contribution in [0.5, 0.6) is 5.75 Å². The molecular formula is C29H36N2O5. The number of hydrogen-bond donors (Lipinski definition) is 1. The van der Waals surface area contributed by atoms with E-state index in [9.17, 15) is 14.7 Å². The minimum Gasteiger partial charge on any atom is -0.507 e. The van der Waals surface area contributed by atoms with E-state index < -0.39 is 17.7 Å². The molecule has 36 heavy (non-hydrogen) atoms. The number of carbonyl (C=O) groups is 2. The number of benzene rings is 2. The van der Waals surface area contributed by atoms with Gasteiger partial charge in [0.1, 0.15) is 11.5 Å². The molecule has 2 fully saturated rings. The van der Waals surface area contributed by atoms with E-state index in [1.54, 1.807) is 17.0 Å². The number of aliphatic hydroxyl groups excluding tert-OH is 1. The van der Waals surface area contributed by atoms with Crippen molar-refractivity contribution in [2.45, 2.75) is 39.7 Å². The van der Waals surface area contributed by atoms with Crippen LogP contribution in [-0.4, -0.2) is 72.6 Å². The lowest BCUT2D eigenvalue weighted by Crippen LogP contribution is -2.38. The molecule has 2 aromatic rings. The van der Waals surface area contributed by atoms with Crippen LogP contribution in [0.1, 0.15) is 48.1 Å². The minimum atomic E-state index is -0.643. The van der Waals surface area contributed by atoms with Gasteiger partial charge in [0.25, 0.3) is 11.7 Å². The van der Waals surface area contributed by atoms with Crippen LogP contribution in [0, 0.1) is 13.8 Å². The maximum Gasteiger partial charge on any atom is 0.295 e. The van der Waals surface area contributed by atoms with Crippen molar-refractivity contribution in [3.05, 3.63) is 70.3 Å². The Kier molecular flexibility index (Phi) is 8.44. The summed E-state index contributed by atoms with van der Waals surface area (Å²) in [6.07, 6.45) is 1.63. The second-order valence-corrected chi connectivity index (χ2v) is 9.54. The van der Waals surface area contributed by atoms with Gasteiger partial charge in [0.15, 0.2) is 0 Å². The Hall–Kier alpha value is -3.16. The predicted octanol–water partition coefficient (Wildman–Crippen LogP) is 4.24. The number of ether oxygens (including phenoxy) is 2. The van der Waals surface area contributed by atoms with Crippen LogP contribution < -0.4 is 4.74 Å². The molecule has 192 valence electrons. The summed E-state index contributed by atoms with van der Waals surface area (Å²) in [5.74, 6) is -0.640. The summed E-state index contributed by atoms with van der Waals surface area (Å²) in [5, 5.41) is 11.4. The van der Waals surface area contributed by atoms with Crippen molar-refractivity contribution in [2.24, 2.45) is 0 Å². The standard InChI is InChI=1S/C29H36N2O5/c1-4-16-36-23-10-11-24(21(3)19-23)27(32)25-26(22-8-6-20(2)7-9-22)31(29(34)28(25)33)13-5-12-30-14-17-35-18-15-30/h6-11,19,26,32H,4-5,12-18H2,1-3H3/t26-/m1/s1. The highest BCUT2D eigenvalue weighted by molar-refractivity contribution is 6.46. The molecule has 7 heteroatoms. The smallest absolute Gasteiger partial charge is 0.295 e. The second kappa shape index (κ2) is 11.7. The molecule has 2 saturated heterocycles. The molecule has 0 saturated carbocycles. The highest BCUT2D eigenvalue weighted by Crippen LogP contribution is 2.40. The molecule has 0 radical (unpaired) electrons. The van der Waals surface area contributed by atoms with E-state index in [-0.39, 0.29) is 11.3 Å². The van der Waals surface area contributed by atoms with Gasteiger partial charge < -0.3 is 19.5 Å². The molecule has 0 spiro atoms. The summed E-state index contributed by atoms with van der Waals surface area (Å²) >= 11 is 0. The lowest BCUT2D eigenvalue weighted by molar-refractivity contribution is -0.140. The van der Waals surface area contributed by atoms with Gasteiger partial charge in [-0.3, -0.25) is 14.5 Å². The van der Waals surface area contributed by atoms with E-state index in [0.29, 0.717) is 24.5 Å². The number of aliphatic hydroxyl groups is 1. The molecule has 2 aromatic carbocycles. The number of Topliss-reactive ketones (excluding diaryl/α,β-unsaturated/α-hetero) is 1. The predicted molar refractivity (Wildman–Crippen MR) is 139 cm³/mol. The number of amides is 1. The molecule has 2 heterocycles. The first-order chi connectivity index (χ1) is 17.4. The van der Waals surface area contributed by atoms with Crippen LogP contribution in [0.15, 0.2) is 48.0 Å². The Bertz CT molecular complexity index is 1120. The highest BCUT2D eigenvalue weighted by Gasteiger charge is 2.45. The average molecular weight is 493 g/mol. The summed E-state index contributed by atoms with van der Waals surface area (Å²) in [6.45, 7) is 10.9. The van der Waals surface area contributed by atoms with Crippen molar-refractivity contribution < 1.29 is 24.2 Å². The van der Waals surface area contributed by atoms with Crippen molar-refractivity contribution >= 4 is 17.4 Å². The van der Waals surface area contributed by atoms with Gasteiger partial charge in [0.2, 0.25) is 0 Å². The molecule has 0 bridgehead atoms. The first-order valence-corrected chi connectivity index (χ1v) is 12.8. The fourth-order valence-electron chi connectivity index (χ4n) is 4.85. The molecule has 1 N–H and O–H groups in total. The zero-order chi connectivity index (χ0) is 25.7. The van der Waals surface area contributed by atoms with E-state index in [2.05, 4.69) is 4.90 Å². The van der Waals surface area contributed by atoms with Crippen molar-refractivity contribution in [3.63, 3.8) is 0 Å². The van der Waals surface area contributed by atoms with Crippen molar-refractivity contribution in [3.8, 4) is 5.75 Å². The highest BCUT2D eigenvalue weighted by atomic mass is 16.5. The van der Waals surface area contributed by atoms with Crippen LogP contribution in [0.25, 0.3) is 5.76 Å². The van der Waals surface area contributed by atoms with E-state index in [4.69, 9.17) is 9.47 Å². The lowest BCUT2D eigenvalue weighted by atomic mass is 9.93. The SMILES string of the molecule is CCCOc1ccc(C(O)=C2C(=O)C(=O)N(CCCN3CCOCC3)[C@@H]2c2ccc(C)cc2)c(C)c1. The summed E-state index contributed by atoms with van der Waals surface area (Å²) < 4.78 is 11.1. The van der Waals surface area contributed by atoms with Crippen LogP contribution in [0.2, 0.25) is 0 Å². The summed E-state index contributed by atoms with van der Waals surface area (Å²) in [4.78, 5) is 30.5. The normalized spacial score (nSPS) is 20.2. The van der Waals surface area contributed by atoms with Gasteiger partial charge in [-0.25, -0.2) is 0 Å². The molecule has 4 rings (SSSR count). The van der Waals surface area contributed by atoms with E-state index in [1.165, 1.54) is 0 Å². The molecule has 0 unspecified atom stereocenters. The van der Waals surface area contributed by atoms with Crippen LogP contribution in [0.4, 0.5) is 0 Å². The summed E-state index contributed by atoms with van der Waals surface area (Å²) in [5.41, 5.74) is 3.35. The number of likely N-dealkylation sites (tertiary alicyclic amines) is 1. The van der Waals surface area contributed by atoms with Gasteiger partial charge in [0.05, 0.1) is 31.4 Å². The first kappa shape index (κ1) is 25.9. The Morgan fingerprint density at radius 1 is 1.06 bits per heavy atom. The Balaban J connectivity index is 1.66. The number of aryl methyl sites for hydroxylation is 2. The third kappa shape index (κ3) is 5.63. The molecule has 2 aliphatic rings. The summed E-state index contributed by atoms with van der Waals surface area (Å²) in [7, 11) is 0. The van der Waals surface area contributed by atoms with Gasteiger partial charge in [-0.15, -0.1) is 0 Å². The number of carbonyl (C=O) groups excluding carboxylic acids is 2.